The summed E-state index contributed by atoms with van der Waals surface area (Å²) in [5, 5.41) is 7.42. The van der Waals surface area contributed by atoms with Crippen LogP contribution in [0.3, 0.4) is 0 Å². The van der Waals surface area contributed by atoms with E-state index in [1.807, 2.05) is 12.1 Å². The number of pyridine rings is 1. The highest BCUT2D eigenvalue weighted by molar-refractivity contribution is 5.69. The van der Waals surface area contributed by atoms with Crippen molar-refractivity contribution in [3.8, 4) is 22.8 Å². The van der Waals surface area contributed by atoms with E-state index < -0.39 is 5.97 Å². The Morgan fingerprint density at radius 1 is 1.08 bits per heavy atom. The van der Waals surface area contributed by atoms with Crippen LogP contribution in [0.25, 0.3) is 11.1 Å². The van der Waals surface area contributed by atoms with Crippen LogP contribution in [-0.4, -0.2) is 23.2 Å². The number of hydrogen-bond acceptors (Lipinski definition) is 4. The first-order valence-corrected chi connectivity index (χ1v) is 12.9. The molecule has 0 atom stereocenters. The molecule has 37 heavy (non-hydrogen) atoms. The molecule has 1 heterocycles. The SMILES string of the molecule is CC(=O)O.CCCC(C)(C)Cc1cc(COc2ccc3c(c2)CCC3)ccc1-c1cc(OC)ncc1F. The second-order valence-electron chi connectivity index (χ2n) is 10.4. The summed E-state index contributed by atoms with van der Waals surface area (Å²) < 4.78 is 26.2. The third kappa shape index (κ3) is 8.04. The molecule has 1 aliphatic rings. The Kier molecular flexibility index (Phi) is 9.67. The Morgan fingerprint density at radius 3 is 2.51 bits per heavy atom. The minimum Gasteiger partial charge on any atom is -0.489 e. The topological polar surface area (TPSA) is 68.7 Å². The maximum absolute atomic E-state index is 14.8. The van der Waals surface area contributed by atoms with Crippen molar-refractivity contribution < 1.29 is 23.8 Å². The third-order valence-electron chi connectivity index (χ3n) is 6.57. The second kappa shape index (κ2) is 12.7. The van der Waals surface area contributed by atoms with Gasteiger partial charge in [-0.3, -0.25) is 4.79 Å². The standard InChI is InChI=1S/C29H34FNO2.C2H4O2/c1-5-13-29(2,3)17-23-14-20(19-33-24-11-10-21-7-6-8-22(21)15-24)9-12-25(23)26-16-28(32-4)31-18-27(26)30;1-2(3)4/h9-12,14-16,18H,5-8,13,17,19H2,1-4H3;1H3,(H,3,4). The molecular formula is C31H38FNO4. The molecule has 1 aliphatic carbocycles. The van der Waals surface area contributed by atoms with Gasteiger partial charge in [0.15, 0.2) is 0 Å². The minimum absolute atomic E-state index is 0.108. The zero-order valence-electron chi connectivity index (χ0n) is 22.6. The highest BCUT2D eigenvalue weighted by atomic mass is 19.1. The van der Waals surface area contributed by atoms with Crippen molar-refractivity contribution in [2.75, 3.05) is 7.11 Å². The van der Waals surface area contributed by atoms with Crippen LogP contribution in [0.1, 0.15) is 69.2 Å². The van der Waals surface area contributed by atoms with Gasteiger partial charge in [0.05, 0.1) is 13.3 Å². The number of carboxylic acids is 1. The molecule has 3 aromatic rings. The van der Waals surface area contributed by atoms with E-state index >= 15 is 0 Å². The fourth-order valence-electron chi connectivity index (χ4n) is 4.97. The molecule has 0 aliphatic heterocycles. The normalized spacial score (nSPS) is 12.4. The van der Waals surface area contributed by atoms with E-state index in [-0.39, 0.29) is 11.2 Å². The van der Waals surface area contributed by atoms with Crippen molar-refractivity contribution in [1.29, 1.82) is 0 Å². The highest BCUT2D eigenvalue weighted by Crippen LogP contribution is 2.35. The number of carbonyl (C=O) groups is 1. The summed E-state index contributed by atoms with van der Waals surface area (Å²) in [4.78, 5) is 13.0. The molecule has 2 aromatic carbocycles. The van der Waals surface area contributed by atoms with Gasteiger partial charge in [0.2, 0.25) is 5.88 Å². The number of hydrogen-bond donors (Lipinski definition) is 1. The Bertz CT molecular complexity index is 1220. The fraction of sp³-hybridized carbons (Fsp3) is 0.419. The second-order valence-corrected chi connectivity index (χ2v) is 10.4. The van der Waals surface area contributed by atoms with Crippen LogP contribution in [0.4, 0.5) is 4.39 Å². The maximum Gasteiger partial charge on any atom is 0.300 e. The summed E-state index contributed by atoms with van der Waals surface area (Å²) in [5.41, 5.74) is 6.58. The van der Waals surface area contributed by atoms with Crippen molar-refractivity contribution >= 4 is 5.97 Å². The average Bonchev–Trinajstić information content (AvgIpc) is 3.31. The van der Waals surface area contributed by atoms with Gasteiger partial charge >= 0.3 is 0 Å². The monoisotopic (exact) mass is 507 g/mol. The Hall–Kier alpha value is -3.41. The smallest absolute Gasteiger partial charge is 0.300 e. The summed E-state index contributed by atoms with van der Waals surface area (Å²) in [5.74, 6) is 0.152. The quantitative estimate of drug-likeness (QED) is 0.326. The van der Waals surface area contributed by atoms with Gasteiger partial charge in [-0.1, -0.05) is 51.5 Å². The largest absolute Gasteiger partial charge is 0.489 e. The van der Waals surface area contributed by atoms with Gasteiger partial charge in [0, 0.05) is 18.6 Å². The lowest BCUT2D eigenvalue weighted by Crippen LogP contribution is -2.15. The summed E-state index contributed by atoms with van der Waals surface area (Å²) in [6, 6.07) is 14.3. The van der Waals surface area contributed by atoms with Crippen LogP contribution in [0.2, 0.25) is 0 Å². The zero-order chi connectivity index (χ0) is 27.0. The molecule has 0 bridgehead atoms. The maximum atomic E-state index is 14.8. The minimum atomic E-state index is -0.833. The number of rotatable bonds is 9. The molecule has 5 nitrogen and oxygen atoms in total. The number of aryl methyl sites for hydroxylation is 2. The number of methoxy groups -OCH3 is 1. The van der Waals surface area contributed by atoms with Gasteiger partial charge in [0.25, 0.3) is 5.97 Å². The lowest BCUT2D eigenvalue weighted by Gasteiger charge is -2.26. The number of benzene rings is 2. The summed E-state index contributed by atoms with van der Waals surface area (Å²) in [6.07, 6.45) is 7.84. The van der Waals surface area contributed by atoms with Crippen molar-refractivity contribution in [1.82, 2.24) is 4.98 Å². The lowest BCUT2D eigenvalue weighted by atomic mass is 9.79. The van der Waals surface area contributed by atoms with E-state index in [0.29, 0.717) is 18.1 Å². The van der Waals surface area contributed by atoms with Crippen molar-refractivity contribution in [2.24, 2.45) is 5.41 Å². The number of nitrogens with zero attached hydrogens (tertiary/aromatic N) is 1. The number of aliphatic carboxylic acids is 1. The Morgan fingerprint density at radius 2 is 1.81 bits per heavy atom. The molecule has 0 saturated carbocycles. The molecular weight excluding hydrogens is 469 g/mol. The van der Waals surface area contributed by atoms with Gasteiger partial charge in [-0.15, -0.1) is 0 Å². The Balaban J connectivity index is 0.000000886. The van der Waals surface area contributed by atoms with E-state index in [0.717, 1.165) is 55.0 Å². The van der Waals surface area contributed by atoms with Gasteiger partial charge in [-0.25, -0.2) is 9.37 Å². The van der Waals surface area contributed by atoms with Gasteiger partial charge in [0.1, 0.15) is 18.2 Å². The van der Waals surface area contributed by atoms with Crippen LogP contribution in [0, 0.1) is 11.2 Å². The van der Waals surface area contributed by atoms with Gasteiger partial charge < -0.3 is 14.6 Å². The van der Waals surface area contributed by atoms with Crippen molar-refractivity contribution in [2.45, 2.75) is 72.8 Å². The predicted molar refractivity (Wildman–Crippen MR) is 145 cm³/mol. The van der Waals surface area contributed by atoms with Crippen LogP contribution in [-0.2, 0) is 30.7 Å². The van der Waals surface area contributed by atoms with E-state index in [2.05, 4.69) is 50.0 Å². The van der Waals surface area contributed by atoms with E-state index in [9.17, 15) is 4.39 Å². The van der Waals surface area contributed by atoms with Crippen LogP contribution >= 0.6 is 0 Å². The molecule has 0 spiro atoms. The number of aromatic nitrogens is 1. The third-order valence-corrected chi connectivity index (χ3v) is 6.57. The predicted octanol–water partition coefficient (Wildman–Crippen LogP) is 7.42. The number of carboxylic acid groups (broad SMARTS) is 1. The fourth-order valence-corrected chi connectivity index (χ4v) is 4.97. The molecule has 0 amide bonds. The van der Waals surface area contributed by atoms with Crippen molar-refractivity contribution in [3.63, 3.8) is 0 Å². The van der Waals surface area contributed by atoms with Gasteiger partial charge in [-0.2, -0.15) is 0 Å². The molecule has 1 aromatic heterocycles. The van der Waals surface area contributed by atoms with Crippen LogP contribution < -0.4 is 9.47 Å². The van der Waals surface area contributed by atoms with E-state index in [1.165, 1.54) is 30.2 Å². The first-order valence-electron chi connectivity index (χ1n) is 12.9. The molecule has 6 heteroatoms. The number of fused-ring (bicyclic) bond motifs is 1. The zero-order valence-corrected chi connectivity index (χ0v) is 22.6. The summed E-state index contributed by atoms with van der Waals surface area (Å²) >= 11 is 0. The molecule has 198 valence electrons. The lowest BCUT2D eigenvalue weighted by molar-refractivity contribution is -0.134. The first-order chi connectivity index (χ1) is 17.6. The van der Waals surface area contributed by atoms with E-state index in [4.69, 9.17) is 19.4 Å². The molecule has 0 radical (unpaired) electrons. The molecule has 4 rings (SSSR count). The summed E-state index contributed by atoms with van der Waals surface area (Å²) in [6.45, 7) is 8.33. The molecule has 0 unspecified atom stereocenters. The van der Waals surface area contributed by atoms with Crippen LogP contribution in [0.15, 0.2) is 48.7 Å². The average molecular weight is 508 g/mol. The molecule has 0 fully saturated rings. The van der Waals surface area contributed by atoms with Gasteiger partial charge in [-0.05, 0) is 77.5 Å². The van der Waals surface area contributed by atoms with E-state index in [1.54, 1.807) is 13.2 Å². The highest BCUT2D eigenvalue weighted by Gasteiger charge is 2.21. The molecule has 0 saturated heterocycles. The van der Waals surface area contributed by atoms with Crippen molar-refractivity contribution in [3.05, 3.63) is 76.7 Å². The molecule has 1 N–H and O–H groups in total. The van der Waals surface area contributed by atoms with Crippen LogP contribution in [0.5, 0.6) is 11.6 Å². The summed E-state index contributed by atoms with van der Waals surface area (Å²) in [7, 11) is 1.55. The number of halogens is 1. The number of ether oxygens (including phenoxy) is 2. The Labute approximate surface area is 219 Å². The first kappa shape index (κ1) is 28.2.